The van der Waals surface area contributed by atoms with Crippen LogP contribution >= 0.6 is 0 Å². The lowest BCUT2D eigenvalue weighted by molar-refractivity contribution is 0.761. The highest BCUT2D eigenvalue weighted by Gasteiger charge is 2.46. The Balaban J connectivity index is 1.45. The Bertz CT molecular complexity index is 2990. The predicted octanol–water partition coefficient (Wildman–Crippen LogP) is 14.5. The molecule has 0 aromatic heterocycles. The topological polar surface area (TPSA) is 3.24 Å². The molecule has 0 saturated heterocycles. The third kappa shape index (κ3) is 6.50. The smallest absolute Gasteiger partial charge is 0.0714 e. The van der Waals surface area contributed by atoms with E-state index in [2.05, 4.69) is 13.2 Å². The van der Waals surface area contributed by atoms with Gasteiger partial charge in [-0.1, -0.05) is 208 Å². The molecule has 1 heteroatoms. The van der Waals surface area contributed by atoms with Crippen molar-refractivity contribution < 1.29 is 9.60 Å². The maximum atomic E-state index is 10.4. The number of hydrogen-bond donors (Lipinski definition) is 0. The highest BCUT2D eigenvalue weighted by atomic mass is 15.1. The molecule has 56 heavy (non-hydrogen) atoms. The van der Waals surface area contributed by atoms with Gasteiger partial charge < -0.3 is 4.90 Å². The summed E-state index contributed by atoms with van der Waals surface area (Å²) in [4.78, 5) is 1.60. The van der Waals surface area contributed by atoms with Gasteiger partial charge in [0.05, 0.1) is 20.7 Å². The number of fused-ring (bicyclic) bond motifs is 2. The molecule has 0 atom stereocenters. The van der Waals surface area contributed by atoms with Crippen LogP contribution in [-0.2, 0) is 5.41 Å². The highest BCUT2D eigenvalue weighted by Crippen LogP contribution is 2.55. The minimum atomic E-state index is -1.13. The molecule has 7 aromatic carbocycles. The molecule has 0 saturated carbocycles. The molecule has 0 spiro atoms. The lowest BCUT2D eigenvalue weighted by atomic mass is 9.67. The van der Waals surface area contributed by atoms with E-state index >= 15 is 0 Å². The number of rotatable bonds is 12. The van der Waals surface area contributed by atoms with Crippen LogP contribution in [0.3, 0.4) is 0 Å². The Kier molecular flexibility index (Phi) is 8.08. The van der Waals surface area contributed by atoms with Gasteiger partial charge in [0.1, 0.15) is 0 Å². The zero-order chi connectivity index (χ0) is 44.3. The number of allylic oxidation sites excluding steroid dienone is 8. The summed E-state index contributed by atoms with van der Waals surface area (Å²) in [6, 6.07) is 45.2. The Morgan fingerprint density at radius 3 is 1.98 bits per heavy atom. The molecule has 0 heterocycles. The maximum Gasteiger partial charge on any atom is 0.0714 e. The molecule has 0 bridgehead atoms. The molecule has 1 aliphatic rings. The fourth-order valence-corrected chi connectivity index (χ4v) is 7.70. The lowest BCUT2D eigenvalue weighted by Crippen LogP contribution is -2.29. The van der Waals surface area contributed by atoms with Crippen LogP contribution < -0.4 is 4.90 Å². The third-order valence-corrected chi connectivity index (χ3v) is 10.2. The van der Waals surface area contributed by atoms with E-state index < -0.39 is 5.41 Å². The van der Waals surface area contributed by atoms with Gasteiger partial charge in [0.15, 0.2) is 0 Å². The van der Waals surface area contributed by atoms with Crippen molar-refractivity contribution >= 4 is 39.9 Å². The Morgan fingerprint density at radius 2 is 1.27 bits per heavy atom. The second-order valence-electron chi connectivity index (χ2n) is 13.3. The number of anilines is 2. The predicted molar refractivity (Wildman–Crippen MR) is 242 cm³/mol. The minimum Gasteiger partial charge on any atom is -0.317 e. The molecule has 0 aliphatic heterocycles. The van der Waals surface area contributed by atoms with Crippen molar-refractivity contribution in [3.8, 4) is 11.1 Å². The van der Waals surface area contributed by atoms with E-state index in [4.69, 9.17) is 1.37 Å². The van der Waals surface area contributed by atoms with E-state index in [0.717, 1.165) is 45.1 Å². The maximum absolute atomic E-state index is 10.4. The van der Waals surface area contributed by atoms with Crippen molar-refractivity contribution in [2.24, 2.45) is 0 Å². The molecule has 0 amide bonds. The van der Waals surface area contributed by atoms with Crippen LogP contribution in [0.15, 0.2) is 238 Å². The van der Waals surface area contributed by atoms with Gasteiger partial charge in [0, 0.05) is 17.3 Å². The van der Waals surface area contributed by atoms with Crippen molar-refractivity contribution in [3.63, 3.8) is 0 Å². The zero-order valence-electron chi connectivity index (χ0n) is 37.8. The van der Waals surface area contributed by atoms with Gasteiger partial charge in [-0.15, -0.1) is 0 Å². The standard InChI is InChI=1S/C55H43N/c1-4-7-20-41-32-33-45(40-44(41)21-8-5-2)42-34-36-48(37-35-42)56(54-31-19-23-43-22-15-16-28-50(43)54)39-38-53-49(6-3)51-29-17-18-30-52(51)55(53,46-24-11-9-12-25-46)47-26-13-10-14-27-47/h4-40H,1-3H2/b20-7-,21-8-,39-38+/i3D,6D,34D,35D,36D,37D,38D/b6-3?,20-7-,21-8-,39-38+. The van der Waals surface area contributed by atoms with Crippen LogP contribution in [0.25, 0.3) is 39.6 Å². The first-order valence-corrected chi connectivity index (χ1v) is 18.5. The summed E-state index contributed by atoms with van der Waals surface area (Å²) in [5.74, 6) is 0. The molecular weight excluding hydrogens is 675 g/mol. The zero-order valence-corrected chi connectivity index (χ0v) is 30.8. The van der Waals surface area contributed by atoms with E-state index in [1.54, 1.807) is 35.4 Å². The summed E-state index contributed by atoms with van der Waals surface area (Å²) in [5, 5.41) is 1.64. The SMILES string of the molecule is [2H]C=C([2H])C1=C(/C([2H])=C/N(c2c([2H])c([2H])c(-c3ccc(/C=C\C=C)c(/C=C\C=C)c3)c([2H])c2[2H])c2cccc3ccccc23)C(c2ccccc2)(c2ccccc2)c2ccccc21. The Morgan fingerprint density at radius 1 is 0.625 bits per heavy atom. The number of hydrogen-bond acceptors (Lipinski definition) is 1. The molecule has 1 nitrogen and oxygen atoms in total. The third-order valence-electron chi connectivity index (χ3n) is 10.2. The van der Waals surface area contributed by atoms with Crippen molar-refractivity contribution in [2.45, 2.75) is 5.41 Å². The normalized spacial score (nSPS) is 15.8. The van der Waals surface area contributed by atoms with Crippen LogP contribution in [0.5, 0.6) is 0 Å². The molecule has 268 valence electrons. The quantitative estimate of drug-likeness (QED) is 0.113. The molecule has 7 aromatic rings. The van der Waals surface area contributed by atoms with Crippen LogP contribution in [0.1, 0.15) is 43.0 Å². The van der Waals surface area contributed by atoms with E-state index in [9.17, 15) is 8.22 Å². The minimum absolute atomic E-state index is 0.0445. The molecule has 0 unspecified atom stereocenters. The summed E-state index contributed by atoms with van der Waals surface area (Å²) in [7, 11) is 0. The second-order valence-corrected chi connectivity index (χ2v) is 13.3. The number of nitrogens with zero attached hydrogens (tertiary/aromatic N) is 1. The van der Waals surface area contributed by atoms with Crippen molar-refractivity contribution in [2.75, 3.05) is 4.90 Å². The average molecular weight is 725 g/mol. The van der Waals surface area contributed by atoms with E-state index in [1.165, 1.54) is 0 Å². The van der Waals surface area contributed by atoms with Gasteiger partial charge in [-0.3, -0.25) is 0 Å². The van der Waals surface area contributed by atoms with Gasteiger partial charge in [0.25, 0.3) is 0 Å². The van der Waals surface area contributed by atoms with E-state index in [-0.39, 0.29) is 47.5 Å². The molecular formula is C55H43N. The van der Waals surface area contributed by atoms with Crippen LogP contribution in [0.4, 0.5) is 11.4 Å². The summed E-state index contributed by atoms with van der Waals surface area (Å²) in [5.41, 5.74) is 5.78. The van der Waals surface area contributed by atoms with Crippen molar-refractivity contribution in [1.29, 1.82) is 0 Å². The van der Waals surface area contributed by atoms with Crippen molar-refractivity contribution in [1.82, 2.24) is 0 Å². The van der Waals surface area contributed by atoms with Gasteiger partial charge in [0.2, 0.25) is 0 Å². The van der Waals surface area contributed by atoms with E-state index in [1.807, 2.05) is 158 Å². The highest BCUT2D eigenvalue weighted by molar-refractivity contribution is 5.97. The molecule has 8 rings (SSSR count). The second kappa shape index (κ2) is 16.0. The first-order chi connectivity index (χ1) is 30.7. The first-order valence-electron chi connectivity index (χ1n) is 22.0. The molecule has 0 N–H and O–H groups in total. The Hall–Kier alpha value is -7.22. The summed E-state index contributed by atoms with van der Waals surface area (Å²) in [6.45, 7) is 8.58. The monoisotopic (exact) mass is 724 g/mol. The largest absolute Gasteiger partial charge is 0.317 e. The van der Waals surface area contributed by atoms with Gasteiger partial charge in [-0.2, -0.15) is 0 Å². The summed E-state index contributed by atoms with van der Waals surface area (Å²) < 4.78 is 66.5. The van der Waals surface area contributed by atoms with E-state index in [0.29, 0.717) is 28.0 Å². The van der Waals surface area contributed by atoms with Gasteiger partial charge in [-0.05, 0) is 91.3 Å². The molecule has 0 radical (unpaired) electrons. The summed E-state index contributed by atoms with van der Waals surface area (Å²) >= 11 is 0. The molecule has 1 aliphatic carbocycles. The fraction of sp³-hybridized carbons (Fsp3) is 0.0182. The van der Waals surface area contributed by atoms with Crippen LogP contribution in [-0.4, -0.2) is 0 Å². The lowest BCUT2D eigenvalue weighted by Gasteiger charge is -2.35. The van der Waals surface area contributed by atoms with Crippen LogP contribution in [0.2, 0.25) is 0 Å². The van der Waals surface area contributed by atoms with Crippen molar-refractivity contribution in [3.05, 3.63) is 271 Å². The first kappa shape index (κ1) is 28.3. The average Bonchev–Trinajstić information content (AvgIpc) is 3.64. The number of benzene rings is 7. The van der Waals surface area contributed by atoms with Gasteiger partial charge >= 0.3 is 0 Å². The Labute approximate surface area is 341 Å². The fourth-order valence-electron chi connectivity index (χ4n) is 7.70. The molecule has 0 fully saturated rings. The summed E-state index contributed by atoms with van der Waals surface area (Å²) in [6.07, 6.45) is 12.3. The van der Waals surface area contributed by atoms with Crippen LogP contribution in [0, 0.1) is 0 Å². The van der Waals surface area contributed by atoms with Gasteiger partial charge in [-0.25, -0.2) is 0 Å².